The number of hydrogen-bond acceptors (Lipinski definition) is 3. The molecular formula is C10H22N2O2. The number of carbonyl (C=O) groups excluding carboxylic acids is 1. The summed E-state index contributed by atoms with van der Waals surface area (Å²) in [6.07, 6.45) is -0.395. The monoisotopic (exact) mass is 202 g/mol. The van der Waals surface area contributed by atoms with Crippen LogP contribution in [0.15, 0.2) is 0 Å². The van der Waals surface area contributed by atoms with Gasteiger partial charge in [-0.3, -0.25) is 0 Å². The van der Waals surface area contributed by atoms with Crippen molar-refractivity contribution in [2.75, 3.05) is 0 Å². The minimum absolute atomic E-state index is 0.147. The van der Waals surface area contributed by atoms with Crippen molar-refractivity contribution in [3.63, 3.8) is 0 Å². The molecule has 0 saturated carbocycles. The van der Waals surface area contributed by atoms with Gasteiger partial charge in [0.2, 0.25) is 0 Å². The maximum absolute atomic E-state index is 10.7. The fourth-order valence-corrected chi connectivity index (χ4v) is 1.14. The first-order valence-corrected chi connectivity index (χ1v) is 4.77. The van der Waals surface area contributed by atoms with Crippen LogP contribution < -0.4 is 11.5 Å². The van der Waals surface area contributed by atoms with Gasteiger partial charge in [-0.2, -0.15) is 0 Å². The zero-order chi connectivity index (χ0) is 11.6. The van der Waals surface area contributed by atoms with Crippen LogP contribution in [-0.4, -0.2) is 17.7 Å². The first kappa shape index (κ1) is 13.2. The van der Waals surface area contributed by atoms with E-state index in [1.807, 2.05) is 34.6 Å². The Labute approximate surface area is 86.0 Å². The van der Waals surface area contributed by atoms with Gasteiger partial charge in [-0.15, -0.1) is 0 Å². The molecule has 1 atom stereocenters. The van der Waals surface area contributed by atoms with E-state index in [1.54, 1.807) is 0 Å². The first-order chi connectivity index (χ1) is 6.02. The molecule has 0 rings (SSSR count). The van der Waals surface area contributed by atoms with Gasteiger partial charge >= 0.3 is 6.09 Å². The van der Waals surface area contributed by atoms with Crippen molar-refractivity contribution in [2.24, 2.45) is 16.9 Å². The summed E-state index contributed by atoms with van der Waals surface area (Å²) in [5, 5.41) is 0. The molecule has 0 aliphatic carbocycles. The second kappa shape index (κ2) is 4.17. The lowest BCUT2D eigenvalue weighted by atomic mass is 9.82. The molecule has 0 fully saturated rings. The van der Waals surface area contributed by atoms with Crippen LogP contribution in [0, 0.1) is 5.41 Å². The van der Waals surface area contributed by atoms with Crippen LogP contribution >= 0.6 is 0 Å². The highest BCUT2D eigenvalue weighted by molar-refractivity contribution is 5.64. The Morgan fingerprint density at radius 1 is 1.29 bits per heavy atom. The Balaban J connectivity index is 4.50. The van der Waals surface area contributed by atoms with E-state index in [2.05, 4.69) is 0 Å². The zero-order valence-corrected chi connectivity index (χ0v) is 9.76. The highest BCUT2D eigenvalue weighted by atomic mass is 16.6. The zero-order valence-electron chi connectivity index (χ0n) is 9.76. The number of nitrogens with two attached hydrogens (primary N) is 2. The van der Waals surface area contributed by atoms with Gasteiger partial charge in [0.15, 0.2) is 0 Å². The van der Waals surface area contributed by atoms with Crippen molar-refractivity contribution in [2.45, 2.75) is 52.7 Å². The molecule has 0 bridgehead atoms. The molecule has 0 saturated heterocycles. The normalized spacial score (nSPS) is 15.0. The van der Waals surface area contributed by atoms with Crippen LogP contribution in [0.5, 0.6) is 0 Å². The van der Waals surface area contributed by atoms with E-state index in [0.717, 1.165) is 0 Å². The Morgan fingerprint density at radius 2 is 1.71 bits per heavy atom. The van der Waals surface area contributed by atoms with Gasteiger partial charge in [0.1, 0.15) is 6.10 Å². The van der Waals surface area contributed by atoms with E-state index in [0.29, 0.717) is 6.42 Å². The van der Waals surface area contributed by atoms with Crippen molar-refractivity contribution in [3.8, 4) is 0 Å². The summed E-state index contributed by atoms with van der Waals surface area (Å²) in [7, 11) is 0. The van der Waals surface area contributed by atoms with Gasteiger partial charge in [0.25, 0.3) is 0 Å². The van der Waals surface area contributed by atoms with Gasteiger partial charge in [0, 0.05) is 12.0 Å². The molecule has 0 radical (unpaired) electrons. The molecule has 0 aromatic rings. The Bertz CT molecular complexity index is 201. The molecule has 0 heterocycles. The third-order valence-electron chi connectivity index (χ3n) is 1.94. The molecule has 0 spiro atoms. The lowest BCUT2D eigenvalue weighted by molar-refractivity contribution is 0.0200. The third kappa shape index (κ3) is 5.80. The standard InChI is InChI=1S/C10H22N2O2/c1-9(2,3)7(14-8(11)13)6-10(4,5)12/h7H,6,12H2,1-5H3,(H2,11,13). The topological polar surface area (TPSA) is 78.3 Å². The molecule has 84 valence electrons. The minimum Gasteiger partial charge on any atom is -0.446 e. The first-order valence-electron chi connectivity index (χ1n) is 4.77. The quantitative estimate of drug-likeness (QED) is 0.730. The molecule has 14 heavy (non-hydrogen) atoms. The molecule has 0 aromatic heterocycles. The molecule has 1 unspecified atom stereocenters. The fraction of sp³-hybridized carbons (Fsp3) is 0.900. The third-order valence-corrected chi connectivity index (χ3v) is 1.94. The molecule has 0 aliphatic rings. The van der Waals surface area contributed by atoms with Crippen molar-refractivity contribution < 1.29 is 9.53 Å². The summed E-state index contributed by atoms with van der Waals surface area (Å²) in [5.74, 6) is 0. The van der Waals surface area contributed by atoms with Crippen molar-refractivity contribution >= 4 is 6.09 Å². The van der Waals surface area contributed by atoms with Crippen LogP contribution in [0.2, 0.25) is 0 Å². The molecule has 4 nitrogen and oxygen atoms in total. The van der Waals surface area contributed by atoms with Gasteiger partial charge in [0.05, 0.1) is 0 Å². The molecule has 4 heteroatoms. The number of amides is 1. The van der Waals surface area contributed by atoms with Crippen molar-refractivity contribution in [3.05, 3.63) is 0 Å². The average Bonchev–Trinajstić information content (AvgIpc) is 1.78. The van der Waals surface area contributed by atoms with Gasteiger partial charge < -0.3 is 16.2 Å². The maximum atomic E-state index is 10.7. The van der Waals surface area contributed by atoms with Gasteiger partial charge in [-0.25, -0.2) is 4.79 Å². The predicted octanol–water partition coefficient (Wildman–Crippen LogP) is 1.62. The number of rotatable bonds is 3. The van der Waals surface area contributed by atoms with Gasteiger partial charge in [-0.1, -0.05) is 20.8 Å². The van der Waals surface area contributed by atoms with Crippen LogP contribution in [-0.2, 0) is 4.74 Å². The number of carbonyl (C=O) groups is 1. The summed E-state index contributed by atoms with van der Waals surface area (Å²) in [6.45, 7) is 9.78. The van der Waals surface area contributed by atoms with Crippen LogP contribution in [0.25, 0.3) is 0 Å². The summed E-state index contributed by atoms with van der Waals surface area (Å²) >= 11 is 0. The Kier molecular flexibility index (Phi) is 3.94. The Hall–Kier alpha value is -0.770. The van der Waals surface area contributed by atoms with Crippen LogP contribution in [0.4, 0.5) is 4.79 Å². The number of ether oxygens (including phenoxy) is 1. The van der Waals surface area contributed by atoms with E-state index in [1.165, 1.54) is 0 Å². The van der Waals surface area contributed by atoms with E-state index < -0.39 is 6.09 Å². The largest absolute Gasteiger partial charge is 0.446 e. The number of primary amides is 1. The maximum Gasteiger partial charge on any atom is 0.404 e. The smallest absolute Gasteiger partial charge is 0.404 e. The fourth-order valence-electron chi connectivity index (χ4n) is 1.14. The van der Waals surface area contributed by atoms with Crippen molar-refractivity contribution in [1.82, 2.24) is 0 Å². The lowest BCUT2D eigenvalue weighted by Gasteiger charge is -2.34. The SMILES string of the molecule is CC(C)(N)CC(OC(N)=O)C(C)(C)C. The van der Waals surface area contributed by atoms with Gasteiger partial charge in [-0.05, 0) is 19.3 Å². The summed E-state index contributed by atoms with van der Waals surface area (Å²) in [6, 6.07) is 0. The Morgan fingerprint density at radius 3 is 1.93 bits per heavy atom. The summed E-state index contributed by atoms with van der Waals surface area (Å²) in [5.41, 5.74) is 10.4. The average molecular weight is 202 g/mol. The molecular weight excluding hydrogens is 180 g/mol. The number of hydrogen-bond donors (Lipinski definition) is 2. The molecule has 0 aliphatic heterocycles. The van der Waals surface area contributed by atoms with E-state index in [-0.39, 0.29) is 17.1 Å². The molecule has 1 amide bonds. The second-order valence-electron chi connectivity index (χ2n) is 5.48. The van der Waals surface area contributed by atoms with Crippen molar-refractivity contribution in [1.29, 1.82) is 0 Å². The van der Waals surface area contributed by atoms with Crippen LogP contribution in [0.3, 0.4) is 0 Å². The molecule has 4 N–H and O–H groups in total. The molecule has 0 aromatic carbocycles. The van der Waals surface area contributed by atoms with E-state index in [4.69, 9.17) is 16.2 Å². The summed E-state index contributed by atoms with van der Waals surface area (Å²) < 4.78 is 5.05. The van der Waals surface area contributed by atoms with E-state index >= 15 is 0 Å². The highest BCUT2D eigenvalue weighted by Gasteiger charge is 2.31. The minimum atomic E-state index is -0.742. The predicted molar refractivity (Wildman–Crippen MR) is 56.8 cm³/mol. The summed E-state index contributed by atoms with van der Waals surface area (Å²) in [4.78, 5) is 10.7. The highest BCUT2D eigenvalue weighted by Crippen LogP contribution is 2.28. The van der Waals surface area contributed by atoms with Crippen LogP contribution in [0.1, 0.15) is 41.0 Å². The van der Waals surface area contributed by atoms with E-state index in [9.17, 15) is 4.79 Å². The lowest BCUT2D eigenvalue weighted by Crippen LogP contribution is -2.43. The second-order valence-corrected chi connectivity index (χ2v) is 5.48.